The quantitative estimate of drug-likeness (QED) is 0.814. The van der Waals surface area contributed by atoms with Gasteiger partial charge in [0.2, 0.25) is 5.95 Å². The molecule has 1 heterocycles. The predicted molar refractivity (Wildman–Crippen MR) is 92.6 cm³/mol. The average molecular weight is 333 g/mol. The van der Waals surface area contributed by atoms with Crippen molar-refractivity contribution in [2.24, 2.45) is 5.92 Å². The Balaban J connectivity index is 1.83. The molecule has 1 aromatic heterocycles. The number of carbonyl (C=O) groups is 1. The fourth-order valence-electron chi connectivity index (χ4n) is 1.90. The van der Waals surface area contributed by atoms with Gasteiger partial charge in [-0.25, -0.2) is 9.97 Å². The molecule has 0 unspecified atom stereocenters. The summed E-state index contributed by atoms with van der Waals surface area (Å²) in [6.45, 7) is 5.58. The normalized spacial score (nSPS) is 10.6. The van der Waals surface area contributed by atoms with Crippen molar-refractivity contribution in [2.75, 3.05) is 11.9 Å². The Kier molecular flexibility index (Phi) is 6.35. The van der Waals surface area contributed by atoms with Crippen LogP contribution >= 0.6 is 11.6 Å². The number of benzene rings is 1. The van der Waals surface area contributed by atoms with Crippen molar-refractivity contribution in [3.05, 3.63) is 52.8 Å². The first-order valence-electron chi connectivity index (χ1n) is 7.63. The van der Waals surface area contributed by atoms with Gasteiger partial charge in [-0.05, 0) is 30.0 Å². The first-order valence-corrected chi connectivity index (χ1v) is 8.01. The molecule has 0 aliphatic carbocycles. The molecule has 6 heteroatoms. The van der Waals surface area contributed by atoms with Crippen molar-refractivity contribution in [2.45, 2.75) is 26.8 Å². The summed E-state index contributed by atoms with van der Waals surface area (Å²) in [5.74, 6) is 0.967. The third-order valence-electron chi connectivity index (χ3n) is 3.29. The molecule has 0 fully saturated rings. The van der Waals surface area contributed by atoms with Crippen molar-refractivity contribution < 1.29 is 4.79 Å². The Morgan fingerprint density at radius 2 is 1.83 bits per heavy atom. The molecule has 0 aliphatic rings. The first-order chi connectivity index (χ1) is 11.0. The first kappa shape index (κ1) is 17.2. The Morgan fingerprint density at radius 1 is 1.17 bits per heavy atom. The van der Waals surface area contributed by atoms with Gasteiger partial charge >= 0.3 is 0 Å². The van der Waals surface area contributed by atoms with E-state index in [9.17, 15) is 4.79 Å². The van der Waals surface area contributed by atoms with Crippen LogP contribution in [0.3, 0.4) is 0 Å². The number of rotatable bonds is 7. The van der Waals surface area contributed by atoms with Crippen LogP contribution in [0.15, 0.2) is 36.7 Å². The number of nitrogens with one attached hydrogen (secondary N) is 2. The van der Waals surface area contributed by atoms with Gasteiger partial charge in [0, 0.05) is 30.5 Å². The molecule has 5 nitrogen and oxygen atoms in total. The van der Waals surface area contributed by atoms with Gasteiger partial charge in [-0.1, -0.05) is 37.6 Å². The van der Waals surface area contributed by atoms with E-state index in [-0.39, 0.29) is 5.91 Å². The molecule has 0 aliphatic heterocycles. The van der Waals surface area contributed by atoms with Crippen LogP contribution in [0.25, 0.3) is 0 Å². The number of amides is 1. The third-order valence-corrected chi connectivity index (χ3v) is 3.54. The number of anilines is 1. The van der Waals surface area contributed by atoms with Gasteiger partial charge in [0.15, 0.2) is 0 Å². The van der Waals surface area contributed by atoms with Crippen LogP contribution < -0.4 is 10.6 Å². The summed E-state index contributed by atoms with van der Waals surface area (Å²) in [6.07, 6.45) is 4.11. The van der Waals surface area contributed by atoms with Gasteiger partial charge in [-0.3, -0.25) is 4.79 Å². The molecule has 122 valence electrons. The van der Waals surface area contributed by atoms with Gasteiger partial charge in [0.1, 0.15) is 0 Å². The van der Waals surface area contributed by atoms with E-state index in [0.29, 0.717) is 29.0 Å². The van der Waals surface area contributed by atoms with Gasteiger partial charge in [0.25, 0.3) is 5.91 Å². The molecule has 0 atom stereocenters. The van der Waals surface area contributed by atoms with E-state index in [2.05, 4.69) is 34.4 Å². The summed E-state index contributed by atoms with van der Waals surface area (Å²) in [6, 6.07) is 7.34. The summed E-state index contributed by atoms with van der Waals surface area (Å²) in [4.78, 5) is 20.4. The molecule has 2 rings (SSSR count). The summed E-state index contributed by atoms with van der Waals surface area (Å²) in [7, 11) is 0. The van der Waals surface area contributed by atoms with Crippen LogP contribution in [0.1, 0.15) is 36.2 Å². The highest BCUT2D eigenvalue weighted by Gasteiger charge is 2.07. The average Bonchev–Trinajstić information content (AvgIpc) is 2.54. The van der Waals surface area contributed by atoms with E-state index >= 15 is 0 Å². The maximum Gasteiger partial charge on any atom is 0.254 e. The number of hydrogen-bond acceptors (Lipinski definition) is 4. The topological polar surface area (TPSA) is 66.9 Å². The number of carbonyl (C=O) groups excluding carboxylic acids is 1. The van der Waals surface area contributed by atoms with Crippen LogP contribution in [-0.2, 0) is 6.54 Å². The molecule has 0 saturated heterocycles. The highest BCUT2D eigenvalue weighted by atomic mass is 35.5. The maximum absolute atomic E-state index is 12.1. The summed E-state index contributed by atoms with van der Waals surface area (Å²) in [5.41, 5.74) is 1.42. The highest BCUT2D eigenvalue weighted by Crippen LogP contribution is 2.09. The number of halogens is 1. The number of nitrogens with zero attached hydrogens (tertiary/aromatic N) is 2. The summed E-state index contributed by atoms with van der Waals surface area (Å²) < 4.78 is 0. The lowest BCUT2D eigenvalue weighted by atomic mass is 10.1. The van der Waals surface area contributed by atoms with Crippen LogP contribution in [0.5, 0.6) is 0 Å². The highest BCUT2D eigenvalue weighted by molar-refractivity contribution is 6.30. The molecular formula is C17H21ClN4O. The molecule has 1 amide bonds. The molecule has 2 aromatic rings. The van der Waals surface area contributed by atoms with E-state index in [1.165, 1.54) is 12.4 Å². The Bertz CT molecular complexity index is 626. The molecule has 1 aromatic carbocycles. The number of hydrogen-bond donors (Lipinski definition) is 2. The molecule has 0 bridgehead atoms. The SMILES string of the molecule is CC(C)CCNc1ncc(C(=O)NCc2ccc(Cl)cc2)cn1. The second-order valence-electron chi connectivity index (χ2n) is 5.71. The predicted octanol–water partition coefficient (Wildman–Crippen LogP) is 3.52. The summed E-state index contributed by atoms with van der Waals surface area (Å²) in [5, 5.41) is 6.64. The zero-order chi connectivity index (χ0) is 16.7. The van der Waals surface area contributed by atoms with E-state index in [1.54, 1.807) is 12.1 Å². The second-order valence-corrected chi connectivity index (χ2v) is 6.15. The fourth-order valence-corrected chi connectivity index (χ4v) is 2.02. The van der Waals surface area contributed by atoms with Crippen LogP contribution in [0, 0.1) is 5.92 Å². The molecular weight excluding hydrogens is 312 g/mol. The minimum absolute atomic E-state index is 0.200. The summed E-state index contributed by atoms with van der Waals surface area (Å²) >= 11 is 5.83. The van der Waals surface area contributed by atoms with Gasteiger partial charge < -0.3 is 10.6 Å². The molecule has 23 heavy (non-hydrogen) atoms. The van der Waals surface area contributed by atoms with E-state index in [0.717, 1.165) is 18.5 Å². The lowest BCUT2D eigenvalue weighted by Gasteiger charge is -2.08. The fraction of sp³-hybridized carbons (Fsp3) is 0.353. The Morgan fingerprint density at radius 3 is 2.43 bits per heavy atom. The van der Waals surface area contributed by atoms with Crippen LogP contribution in [0.4, 0.5) is 5.95 Å². The molecule has 0 spiro atoms. The zero-order valence-electron chi connectivity index (χ0n) is 13.3. The van der Waals surface area contributed by atoms with Crippen LogP contribution in [0.2, 0.25) is 5.02 Å². The van der Waals surface area contributed by atoms with Gasteiger partial charge in [0.05, 0.1) is 5.56 Å². The van der Waals surface area contributed by atoms with Crippen molar-refractivity contribution in [1.29, 1.82) is 0 Å². The minimum atomic E-state index is -0.200. The zero-order valence-corrected chi connectivity index (χ0v) is 14.1. The molecule has 2 N–H and O–H groups in total. The van der Waals surface area contributed by atoms with Gasteiger partial charge in [-0.2, -0.15) is 0 Å². The standard InChI is InChI=1S/C17H21ClN4O/c1-12(2)7-8-19-17-21-10-14(11-22-17)16(23)20-9-13-3-5-15(18)6-4-13/h3-6,10-12H,7-9H2,1-2H3,(H,20,23)(H,19,21,22). The van der Waals surface area contributed by atoms with Crippen LogP contribution in [-0.4, -0.2) is 22.4 Å². The monoisotopic (exact) mass is 332 g/mol. The van der Waals surface area contributed by atoms with Crippen molar-refractivity contribution in [3.63, 3.8) is 0 Å². The van der Waals surface area contributed by atoms with E-state index < -0.39 is 0 Å². The third kappa shape index (κ3) is 5.87. The minimum Gasteiger partial charge on any atom is -0.354 e. The van der Waals surface area contributed by atoms with Crippen molar-refractivity contribution in [1.82, 2.24) is 15.3 Å². The number of aromatic nitrogens is 2. The van der Waals surface area contributed by atoms with Crippen molar-refractivity contribution in [3.8, 4) is 0 Å². The maximum atomic E-state index is 12.1. The van der Waals surface area contributed by atoms with Gasteiger partial charge in [-0.15, -0.1) is 0 Å². The van der Waals surface area contributed by atoms with Crippen molar-refractivity contribution >= 4 is 23.5 Å². The smallest absolute Gasteiger partial charge is 0.254 e. The molecule has 0 radical (unpaired) electrons. The Labute approximate surface area is 141 Å². The Hall–Kier alpha value is -2.14. The lowest BCUT2D eigenvalue weighted by molar-refractivity contribution is 0.0950. The van der Waals surface area contributed by atoms with E-state index in [1.807, 2.05) is 12.1 Å². The lowest BCUT2D eigenvalue weighted by Crippen LogP contribution is -2.23. The molecule has 0 saturated carbocycles. The van der Waals surface area contributed by atoms with E-state index in [4.69, 9.17) is 11.6 Å². The largest absolute Gasteiger partial charge is 0.354 e. The second kappa shape index (κ2) is 8.48.